The number of hydrogen-bond donors (Lipinski definition) is 3. The first-order valence-electron chi connectivity index (χ1n) is 17.2. The summed E-state index contributed by atoms with van der Waals surface area (Å²) < 4.78 is 15.4. The molecule has 274 valence electrons. The smallest absolute Gasteiger partial charge is 0.334 e. The lowest BCUT2D eigenvalue weighted by molar-refractivity contribution is -0.149. The third kappa shape index (κ3) is 6.28. The molecule has 3 aliphatic rings. The van der Waals surface area contributed by atoms with Crippen LogP contribution in [0.15, 0.2) is 48.6 Å². The number of methoxy groups -OCH3 is 3. The fraction of sp³-hybridized carbons (Fsp3) is 0.317. The highest BCUT2D eigenvalue weighted by atomic mass is 16.5. The maximum Gasteiger partial charge on any atom is 0.334 e. The Kier molecular flexibility index (Phi) is 9.83. The number of aryl methyl sites for hydroxylation is 3. The van der Waals surface area contributed by atoms with Crippen LogP contribution in [0.2, 0.25) is 0 Å². The molecule has 12 heteroatoms. The molecule has 5 heterocycles. The van der Waals surface area contributed by atoms with Crippen molar-refractivity contribution in [1.82, 2.24) is 19.9 Å². The number of rotatable bonds is 9. The molecule has 0 fully saturated rings. The summed E-state index contributed by atoms with van der Waals surface area (Å²) in [5.74, 6) is -3.66. The van der Waals surface area contributed by atoms with E-state index in [2.05, 4.69) is 16.5 Å². The summed E-state index contributed by atoms with van der Waals surface area (Å²) >= 11 is 0. The van der Waals surface area contributed by atoms with Crippen LogP contribution in [0, 0.1) is 19.8 Å². The Bertz CT molecular complexity index is 2370. The van der Waals surface area contributed by atoms with Crippen molar-refractivity contribution in [1.29, 1.82) is 0 Å². The number of carbonyl (C=O) groups excluding carboxylic acids is 3. The number of ether oxygens (including phenoxy) is 3. The van der Waals surface area contributed by atoms with E-state index in [1.807, 2.05) is 52.0 Å². The van der Waals surface area contributed by atoms with Gasteiger partial charge in [0.15, 0.2) is 0 Å². The Labute approximate surface area is 306 Å². The number of carboxylic acid groups (broad SMARTS) is 1. The largest absolute Gasteiger partial charge is 0.481 e. The van der Waals surface area contributed by atoms with Crippen molar-refractivity contribution in [3.8, 4) is 0 Å². The highest BCUT2D eigenvalue weighted by Gasteiger charge is 2.53. The molecule has 2 atom stereocenters. The molecule has 6 rings (SSSR count). The number of H-pyrrole nitrogens is 2. The van der Waals surface area contributed by atoms with E-state index in [4.69, 9.17) is 24.2 Å². The highest BCUT2D eigenvalue weighted by Crippen LogP contribution is 2.52. The monoisotopic (exact) mass is 718 g/mol. The van der Waals surface area contributed by atoms with Crippen LogP contribution >= 0.6 is 0 Å². The van der Waals surface area contributed by atoms with Gasteiger partial charge in [-0.2, -0.15) is 0 Å². The fourth-order valence-corrected chi connectivity index (χ4v) is 7.68. The maximum atomic E-state index is 13.7. The quantitative estimate of drug-likeness (QED) is 0.159. The summed E-state index contributed by atoms with van der Waals surface area (Å²) in [6, 6.07) is 7.59. The lowest BCUT2D eigenvalue weighted by Crippen LogP contribution is -2.42. The normalized spacial score (nSPS) is 17.8. The molecule has 0 spiro atoms. The molecule has 0 amide bonds. The molecule has 1 aliphatic carbocycles. The van der Waals surface area contributed by atoms with Crippen LogP contribution in [0.25, 0.3) is 44.9 Å². The number of esters is 3. The van der Waals surface area contributed by atoms with Crippen LogP contribution < -0.4 is 0 Å². The topological polar surface area (TPSA) is 174 Å². The molecular formula is C41H42N4O8. The van der Waals surface area contributed by atoms with Gasteiger partial charge in [-0.1, -0.05) is 24.8 Å². The zero-order valence-corrected chi connectivity index (χ0v) is 30.9. The van der Waals surface area contributed by atoms with Crippen molar-refractivity contribution in [2.75, 3.05) is 21.3 Å². The van der Waals surface area contributed by atoms with Gasteiger partial charge in [0.1, 0.15) is 5.92 Å². The van der Waals surface area contributed by atoms with Gasteiger partial charge in [-0.05, 0) is 98.2 Å². The molecule has 0 saturated heterocycles. The second kappa shape index (κ2) is 14.2. The summed E-state index contributed by atoms with van der Waals surface area (Å²) in [5, 5.41) is 9.61. The molecule has 0 saturated carbocycles. The average molecular weight is 719 g/mol. The second-order valence-corrected chi connectivity index (χ2v) is 13.5. The minimum atomic E-state index is -1.17. The van der Waals surface area contributed by atoms with E-state index in [0.717, 1.165) is 44.4 Å². The van der Waals surface area contributed by atoms with E-state index in [1.54, 1.807) is 18.2 Å². The standard InChI is InChI=1S/C41H42N4O8/c1-9-23-20(2)29-17-34-27-13-10-26(39(49)52-7)38(40(50)53-8)41(27,5)35(45-34)19-30-22(4)25(12-15-37(48)51-6)33(44-30)18-32-24(11-14-36(46)47)21(3)28(43-32)16-31(23)42-29/h9-10,13,16-19,38,42,44H,1,11-12,14-15H2,2-8H3,(H,46,47)/t38-,41-/m1/s1. The SMILES string of the molecule is C=Cc1c(C)c2cc3nc(cc4[nH]c(cc5nc(cc1[nH]2)C(C)=C5CCC(=O)O)c(CCC(=O)OC)c4C)[C@@]1(C)C3=CC=C(C(=O)OC)[C@@H]1C(=O)OC. The van der Waals surface area contributed by atoms with E-state index in [0.29, 0.717) is 45.8 Å². The molecule has 3 N–H and O–H groups in total. The van der Waals surface area contributed by atoms with Gasteiger partial charge >= 0.3 is 23.9 Å². The number of nitrogens with zero attached hydrogens (tertiary/aromatic N) is 2. The lowest BCUT2D eigenvalue weighted by Gasteiger charge is -2.36. The molecule has 0 aromatic carbocycles. The maximum absolute atomic E-state index is 13.7. The summed E-state index contributed by atoms with van der Waals surface area (Å²) in [6.45, 7) is 11.8. The molecular weight excluding hydrogens is 676 g/mol. The molecule has 12 nitrogen and oxygen atoms in total. The molecule has 0 unspecified atom stereocenters. The first-order chi connectivity index (χ1) is 25.3. The molecule has 2 aliphatic heterocycles. The second-order valence-electron chi connectivity index (χ2n) is 13.5. The number of carboxylic acids is 1. The number of nitrogens with one attached hydrogen (secondary N) is 2. The number of aromatic nitrogens is 4. The fourth-order valence-electron chi connectivity index (χ4n) is 7.68. The van der Waals surface area contributed by atoms with Crippen molar-refractivity contribution in [3.63, 3.8) is 0 Å². The van der Waals surface area contributed by atoms with Gasteiger partial charge in [0.2, 0.25) is 0 Å². The summed E-state index contributed by atoms with van der Waals surface area (Å²) in [7, 11) is 3.89. The molecule has 8 bridgehead atoms. The van der Waals surface area contributed by atoms with Gasteiger partial charge in [-0.3, -0.25) is 19.4 Å². The van der Waals surface area contributed by atoms with Gasteiger partial charge in [0, 0.05) is 40.5 Å². The van der Waals surface area contributed by atoms with Gasteiger partial charge < -0.3 is 29.3 Å². The summed E-state index contributed by atoms with van der Waals surface area (Å²) in [4.78, 5) is 68.1. The van der Waals surface area contributed by atoms with E-state index >= 15 is 0 Å². The van der Waals surface area contributed by atoms with Gasteiger partial charge in [-0.15, -0.1) is 0 Å². The average Bonchev–Trinajstić information content (AvgIpc) is 3.79. The number of hydrogen-bond acceptors (Lipinski definition) is 9. The summed E-state index contributed by atoms with van der Waals surface area (Å²) in [6.07, 6.45) is 5.79. The summed E-state index contributed by atoms with van der Waals surface area (Å²) in [5.41, 5.74) is 9.92. The van der Waals surface area contributed by atoms with Gasteiger partial charge in [0.05, 0.1) is 55.1 Å². The van der Waals surface area contributed by atoms with E-state index in [-0.39, 0.29) is 30.8 Å². The Hall–Kier alpha value is -6.04. The number of allylic oxidation sites excluding steroid dienone is 5. The Balaban J connectivity index is 1.78. The van der Waals surface area contributed by atoms with Crippen LogP contribution in [0.4, 0.5) is 0 Å². The minimum absolute atomic E-state index is 0.0837. The van der Waals surface area contributed by atoms with Gasteiger partial charge in [-0.25, -0.2) is 9.78 Å². The van der Waals surface area contributed by atoms with Crippen molar-refractivity contribution >= 4 is 68.7 Å². The number of aromatic amines is 2. The predicted octanol–water partition coefficient (Wildman–Crippen LogP) is 6.72. The Morgan fingerprint density at radius 2 is 1.51 bits per heavy atom. The first-order valence-corrected chi connectivity index (χ1v) is 17.2. The van der Waals surface area contributed by atoms with E-state index in [9.17, 15) is 24.3 Å². The van der Waals surface area contributed by atoms with E-state index in [1.165, 1.54) is 21.3 Å². The van der Waals surface area contributed by atoms with Crippen molar-refractivity contribution in [2.24, 2.45) is 5.92 Å². The van der Waals surface area contributed by atoms with Crippen molar-refractivity contribution in [2.45, 2.75) is 58.8 Å². The van der Waals surface area contributed by atoms with Crippen LogP contribution in [0.5, 0.6) is 0 Å². The van der Waals surface area contributed by atoms with Gasteiger partial charge in [0.25, 0.3) is 0 Å². The number of carbonyl (C=O) groups is 4. The number of aliphatic carboxylic acids is 1. The van der Waals surface area contributed by atoms with Crippen LogP contribution in [-0.4, -0.2) is 70.2 Å². The lowest BCUT2D eigenvalue weighted by atomic mass is 9.64. The third-order valence-corrected chi connectivity index (χ3v) is 10.7. The minimum Gasteiger partial charge on any atom is -0.481 e. The third-order valence-electron chi connectivity index (χ3n) is 10.7. The zero-order valence-electron chi connectivity index (χ0n) is 30.9. The molecule has 53 heavy (non-hydrogen) atoms. The van der Waals surface area contributed by atoms with E-state index < -0.39 is 29.2 Å². The van der Waals surface area contributed by atoms with Crippen LogP contribution in [0.3, 0.4) is 0 Å². The Morgan fingerprint density at radius 3 is 2.17 bits per heavy atom. The molecule has 3 aromatic rings. The van der Waals surface area contributed by atoms with Crippen LogP contribution in [0.1, 0.15) is 78.1 Å². The van der Waals surface area contributed by atoms with Crippen molar-refractivity contribution < 1.29 is 38.5 Å². The molecule has 0 radical (unpaired) electrons. The van der Waals surface area contributed by atoms with Crippen LogP contribution in [-0.2, 0) is 45.2 Å². The first kappa shape index (κ1) is 36.7. The zero-order chi connectivity index (χ0) is 38.4. The molecule has 3 aromatic heterocycles. The Morgan fingerprint density at radius 1 is 0.830 bits per heavy atom. The highest BCUT2D eigenvalue weighted by molar-refractivity contribution is 6.02. The predicted molar refractivity (Wildman–Crippen MR) is 201 cm³/mol. The van der Waals surface area contributed by atoms with Crippen molar-refractivity contribution in [3.05, 3.63) is 93.6 Å². The number of fused-ring (bicyclic) bond motifs is 11.